The van der Waals surface area contributed by atoms with Crippen LogP contribution < -0.4 is 10.6 Å². The first-order valence-corrected chi connectivity index (χ1v) is 9.41. The first-order valence-electron chi connectivity index (χ1n) is 7.80. The van der Waals surface area contributed by atoms with E-state index in [1.165, 1.54) is 8.66 Å². The Balaban J connectivity index is 0.00000288. The van der Waals surface area contributed by atoms with E-state index in [4.69, 9.17) is 4.52 Å². The van der Waals surface area contributed by atoms with Gasteiger partial charge in [0.2, 0.25) is 0 Å². The van der Waals surface area contributed by atoms with Crippen molar-refractivity contribution < 1.29 is 4.52 Å². The molecule has 0 aliphatic heterocycles. The molecule has 0 unspecified atom stereocenters. The van der Waals surface area contributed by atoms with Gasteiger partial charge in [-0.3, -0.25) is 0 Å². The quantitative estimate of drug-likeness (QED) is 0.316. The molecule has 2 rings (SSSR count). The third kappa shape index (κ3) is 7.10. The van der Waals surface area contributed by atoms with Gasteiger partial charge in [-0.1, -0.05) is 19.0 Å². The first kappa shape index (κ1) is 21.4. The molecule has 0 amide bonds. The van der Waals surface area contributed by atoms with Gasteiger partial charge in [0.15, 0.2) is 11.7 Å². The fourth-order valence-corrected chi connectivity index (χ4v) is 3.45. The number of nitrogens with zero attached hydrogens (tertiary/aromatic N) is 2. The molecule has 0 saturated heterocycles. The summed E-state index contributed by atoms with van der Waals surface area (Å²) in [5.41, 5.74) is 0.969. The normalized spacial score (nSPS) is 11.5. The highest BCUT2D eigenvalue weighted by molar-refractivity contribution is 14.0. The molecule has 5 nitrogen and oxygen atoms in total. The van der Waals surface area contributed by atoms with Gasteiger partial charge in [0.25, 0.3) is 0 Å². The van der Waals surface area contributed by atoms with E-state index in [2.05, 4.69) is 69.6 Å². The van der Waals surface area contributed by atoms with Crippen molar-refractivity contribution in [1.82, 2.24) is 15.8 Å². The molecule has 0 spiro atoms. The fourth-order valence-electron chi connectivity index (χ4n) is 1.96. The molecule has 8 heteroatoms. The van der Waals surface area contributed by atoms with Crippen molar-refractivity contribution in [1.29, 1.82) is 0 Å². The largest absolute Gasteiger partial charge is 0.359 e. The van der Waals surface area contributed by atoms with Crippen LogP contribution in [-0.2, 0) is 13.0 Å². The van der Waals surface area contributed by atoms with Gasteiger partial charge in [-0.05, 0) is 47.3 Å². The highest BCUT2D eigenvalue weighted by Crippen LogP contribution is 2.22. The molecule has 2 aromatic rings. The third-order valence-electron chi connectivity index (χ3n) is 3.20. The Kier molecular flexibility index (Phi) is 9.91. The Bertz CT molecular complexity index is 642. The summed E-state index contributed by atoms with van der Waals surface area (Å²) in [6.07, 6.45) is 0.973. The highest BCUT2D eigenvalue weighted by Gasteiger charge is 2.07. The summed E-state index contributed by atoms with van der Waals surface area (Å²) >= 11 is 5.25. The molecule has 0 bridgehead atoms. The number of nitrogens with one attached hydrogen (secondary N) is 2. The molecule has 2 N–H and O–H groups in total. The second-order valence-electron chi connectivity index (χ2n) is 5.45. The van der Waals surface area contributed by atoms with Gasteiger partial charge < -0.3 is 15.2 Å². The zero-order valence-corrected chi connectivity index (χ0v) is 18.9. The highest BCUT2D eigenvalue weighted by atomic mass is 127. The van der Waals surface area contributed by atoms with E-state index < -0.39 is 0 Å². The van der Waals surface area contributed by atoms with E-state index in [1.807, 2.05) is 6.07 Å². The number of guanidine groups is 1. The molecule has 0 aliphatic carbocycles. The van der Waals surface area contributed by atoms with Crippen molar-refractivity contribution in [2.75, 3.05) is 13.1 Å². The van der Waals surface area contributed by atoms with Crippen LogP contribution in [0.3, 0.4) is 0 Å². The zero-order chi connectivity index (χ0) is 16.7. The van der Waals surface area contributed by atoms with Crippen LogP contribution in [-0.4, -0.2) is 24.2 Å². The maximum absolute atomic E-state index is 5.31. The zero-order valence-electron chi connectivity index (χ0n) is 14.1. The first-order chi connectivity index (χ1) is 11.1. The van der Waals surface area contributed by atoms with Gasteiger partial charge in [-0.2, -0.15) is 0 Å². The molecule has 0 radical (unpaired) electrons. The van der Waals surface area contributed by atoms with E-state index >= 15 is 0 Å². The minimum atomic E-state index is 0. The predicted octanol–water partition coefficient (Wildman–Crippen LogP) is 4.54. The molecule has 134 valence electrons. The Hall–Kier alpha value is -0.610. The maximum Gasteiger partial charge on any atom is 0.191 e. The monoisotopic (exact) mass is 526 g/mol. The summed E-state index contributed by atoms with van der Waals surface area (Å²) in [5, 5.41) is 10.6. The van der Waals surface area contributed by atoms with Gasteiger partial charge in [0, 0.05) is 24.0 Å². The summed E-state index contributed by atoms with van der Waals surface area (Å²) in [6, 6.07) is 6.19. The molecule has 0 saturated carbocycles. The average Bonchev–Trinajstić information content (AvgIpc) is 3.14. The standard InChI is InChI=1S/C16H23BrN4OS.HI/c1-4-18-16(19-8-7-13-5-6-15(17)23-13)20-10-12-9-14(11(2)3)21-22-12;/h5-6,9,11H,4,7-8,10H2,1-3H3,(H2,18,19,20);1H. The SMILES string of the molecule is CCNC(=NCc1cc(C(C)C)no1)NCCc1ccc(Br)s1.I. The Morgan fingerprint density at radius 2 is 2.17 bits per heavy atom. The minimum absolute atomic E-state index is 0. The average molecular weight is 527 g/mol. The van der Waals surface area contributed by atoms with Gasteiger partial charge in [-0.25, -0.2) is 4.99 Å². The molecule has 24 heavy (non-hydrogen) atoms. The summed E-state index contributed by atoms with van der Waals surface area (Å²) < 4.78 is 6.48. The van der Waals surface area contributed by atoms with Gasteiger partial charge >= 0.3 is 0 Å². The lowest BCUT2D eigenvalue weighted by Crippen LogP contribution is -2.38. The summed E-state index contributed by atoms with van der Waals surface area (Å²) in [6.45, 7) is 8.40. The number of hydrogen-bond acceptors (Lipinski definition) is 4. The van der Waals surface area contributed by atoms with E-state index in [0.717, 1.165) is 36.9 Å². The molecule has 2 aromatic heterocycles. The number of rotatable bonds is 7. The van der Waals surface area contributed by atoms with Gasteiger partial charge in [-0.15, -0.1) is 35.3 Å². The summed E-state index contributed by atoms with van der Waals surface area (Å²) in [5.74, 6) is 1.95. The summed E-state index contributed by atoms with van der Waals surface area (Å²) in [4.78, 5) is 5.89. The van der Waals surface area contributed by atoms with E-state index in [1.54, 1.807) is 11.3 Å². The predicted molar refractivity (Wildman–Crippen MR) is 115 cm³/mol. The Morgan fingerprint density at radius 3 is 2.75 bits per heavy atom. The van der Waals surface area contributed by atoms with Crippen molar-refractivity contribution in [3.05, 3.63) is 38.3 Å². The topological polar surface area (TPSA) is 62.5 Å². The fraction of sp³-hybridized carbons (Fsp3) is 0.500. The Labute approximate surface area is 172 Å². The van der Waals surface area contributed by atoms with Crippen LogP contribution in [0, 0.1) is 0 Å². The van der Waals surface area contributed by atoms with Crippen molar-refractivity contribution in [3.8, 4) is 0 Å². The molecular formula is C16H24BrIN4OS. The van der Waals surface area contributed by atoms with Crippen LogP contribution in [0.2, 0.25) is 0 Å². The number of aliphatic imine (C=N–C) groups is 1. The second kappa shape index (κ2) is 11.1. The molecule has 0 aliphatic rings. The van der Waals surface area contributed by atoms with Crippen LogP contribution in [0.4, 0.5) is 0 Å². The van der Waals surface area contributed by atoms with Gasteiger partial charge in [0.05, 0.1) is 9.48 Å². The van der Waals surface area contributed by atoms with Crippen molar-refractivity contribution >= 4 is 57.2 Å². The molecule has 0 atom stereocenters. The van der Waals surface area contributed by atoms with Gasteiger partial charge in [0.1, 0.15) is 6.54 Å². The lowest BCUT2D eigenvalue weighted by molar-refractivity contribution is 0.376. The maximum atomic E-state index is 5.31. The van der Waals surface area contributed by atoms with Crippen LogP contribution in [0.1, 0.15) is 43.0 Å². The van der Waals surface area contributed by atoms with E-state index in [0.29, 0.717) is 12.5 Å². The molecule has 0 fully saturated rings. The van der Waals surface area contributed by atoms with E-state index in [9.17, 15) is 0 Å². The van der Waals surface area contributed by atoms with Crippen molar-refractivity contribution in [2.45, 2.75) is 39.7 Å². The number of hydrogen-bond donors (Lipinski definition) is 2. The molecule has 2 heterocycles. The molecule has 0 aromatic carbocycles. The summed E-state index contributed by atoms with van der Waals surface area (Å²) in [7, 11) is 0. The molecular weight excluding hydrogens is 503 g/mol. The second-order valence-corrected chi connectivity index (χ2v) is 8.00. The lowest BCUT2D eigenvalue weighted by Gasteiger charge is -2.10. The van der Waals surface area contributed by atoms with Crippen LogP contribution in [0.25, 0.3) is 0 Å². The Morgan fingerprint density at radius 1 is 1.38 bits per heavy atom. The minimum Gasteiger partial charge on any atom is -0.359 e. The van der Waals surface area contributed by atoms with E-state index in [-0.39, 0.29) is 24.0 Å². The number of thiophene rings is 1. The van der Waals surface area contributed by atoms with Crippen LogP contribution in [0.5, 0.6) is 0 Å². The number of aromatic nitrogens is 1. The van der Waals surface area contributed by atoms with Crippen LogP contribution >= 0.6 is 51.2 Å². The third-order valence-corrected chi connectivity index (χ3v) is 4.88. The smallest absolute Gasteiger partial charge is 0.191 e. The van der Waals surface area contributed by atoms with Crippen molar-refractivity contribution in [2.24, 2.45) is 4.99 Å². The van der Waals surface area contributed by atoms with Crippen LogP contribution in [0.15, 0.2) is 31.5 Å². The van der Waals surface area contributed by atoms with Crippen molar-refractivity contribution in [3.63, 3.8) is 0 Å². The number of halogens is 2. The lowest BCUT2D eigenvalue weighted by atomic mass is 10.1.